The van der Waals surface area contributed by atoms with Gasteiger partial charge in [-0.3, -0.25) is 0 Å². The second kappa shape index (κ2) is 7.51. The first-order valence-corrected chi connectivity index (χ1v) is 8.11. The Balaban J connectivity index is 1.97. The minimum absolute atomic E-state index is 0.000347. The zero-order valence-electron chi connectivity index (χ0n) is 11.2. The summed E-state index contributed by atoms with van der Waals surface area (Å²) < 4.78 is 12.2. The van der Waals surface area contributed by atoms with Crippen LogP contribution < -0.4 is 4.74 Å². The molecular weight excluding hydrogens is 328 g/mol. The van der Waals surface area contributed by atoms with Crippen LogP contribution in [0.15, 0.2) is 22.7 Å². The fourth-order valence-electron chi connectivity index (χ4n) is 2.24. The Morgan fingerprint density at radius 2 is 2.37 bits per heavy atom. The lowest BCUT2D eigenvalue weighted by Gasteiger charge is -2.16. The second-order valence-corrected chi connectivity index (χ2v) is 6.26. The van der Waals surface area contributed by atoms with E-state index in [4.69, 9.17) is 21.1 Å². The molecule has 0 bridgehead atoms. The van der Waals surface area contributed by atoms with E-state index in [-0.39, 0.29) is 5.38 Å². The quantitative estimate of drug-likeness (QED) is 0.668. The minimum atomic E-state index is -0.000347. The first-order valence-electron chi connectivity index (χ1n) is 6.88. The molecule has 106 valence electrons. The number of ether oxygens (including phenoxy) is 2. The zero-order valence-corrected chi connectivity index (χ0v) is 13.5. The standard InChI is InChI=1S/C15H20BrClO2/c1-2-7-19-15-6-5-11(9-13(15)16)14(17)10-12-4-3-8-18-12/h5-6,9,12,14H,2-4,7-8,10H2,1H3. The number of hydrogen-bond donors (Lipinski definition) is 0. The molecule has 2 unspecified atom stereocenters. The van der Waals surface area contributed by atoms with Crippen LogP contribution in [0.3, 0.4) is 0 Å². The van der Waals surface area contributed by atoms with E-state index in [1.54, 1.807) is 0 Å². The Bertz CT molecular complexity index is 405. The third-order valence-corrected chi connectivity index (χ3v) is 4.32. The summed E-state index contributed by atoms with van der Waals surface area (Å²) in [5, 5.41) is -0.000347. The van der Waals surface area contributed by atoms with Gasteiger partial charge >= 0.3 is 0 Å². The van der Waals surface area contributed by atoms with Crippen molar-refractivity contribution in [1.82, 2.24) is 0 Å². The van der Waals surface area contributed by atoms with Gasteiger partial charge in [-0.05, 0) is 59.3 Å². The summed E-state index contributed by atoms with van der Waals surface area (Å²) >= 11 is 10.0. The van der Waals surface area contributed by atoms with E-state index >= 15 is 0 Å². The lowest BCUT2D eigenvalue weighted by molar-refractivity contribution is 0.103. The topological polar surface area (TPSA) is 18.5 Å². The maximum atomic E-state index is 6.47. The van der Waals surface area contributed by atoms with Gasteiger partial charge in [0.15, 0.2) is 0 Å². The van der Waals surface area contributed by atoms with Crippen LogP contribution >= 0.6 is 27.5 Å². The van der Waals surface area contributed by atoms with Crippen LogP contribution in [0.5, 0.6) is 5.75 Å². The molecule has 4 heteroatoms. The number of halogens is 2. The molecule has 0 N–H and O–H groups in total. The SMILES string of the molecule is CCCOc1ccc(C(Cl)CC2CCCO2)cc1Br. The van der Waals surface area contributed by atoms with E-state index in [1.807, 2.05) is 12.1 Å². The fraction of sp³-hybridized carbons (Fsp3) is 0.600. The van der Waals surface area contributed by atoms with Crippen molar-refractivity contribution in [2.75, 3.05) is 13.2 Å². The fourth-order valence-corrected chi connectivity index (χ4v) is 3.08. The van der Waals surface area contributed by atoms with Crippen molar-refractivity contribution in [1.29, 1.82) is 0 Å². The van der Waals surface area contributed by atoms with Gasteiger partial charge < -0.3 is 9.47 Å². The lowest BCUT2D eigenvalue weighted by atomic mass is 10.0. The Morgan fingerprint density at radius 3 is 3.00 bits per heavy atom. The number of hydrogen-bond acceptors (Lipinski definition) is 2. The maximum absolute atomic E-state index is 6.47. The van der Waals surface area contributed by atoms with Gasteiger partial charge in [-0.25, -0.2) is 0 Å². The van der Waals surface area contributed by atoms with Crippen molar-refractivity contribution >= 4 is 27.5 Å². The monoisotopic (exact) mass is 346 g/mol. The van der Waals surface area contributed by atoms with Crippen molar-refractivity contribution in [3.8, 4) is 5.75 Å². The van der Waals surface area contributed by atoms with Crippen LogP contribution in [0.2, 0.25) is 0 Å². The Hall–Kier alpha value is -0.250. The van der Waals surface area contributed by atoms with E-state index in [0.29, 0.717) is 6.10 Å². The highest BCUT2D eigenvalue weighted by Gasteiger charge is 2.21. The molecule has 2 atom stereocenters. The number of rotatable bonds is 6. The molecule has 0 amide bonds. The van der Waals surface area contributed by atoms with E-state index in [2.05, 4.69) is 28.9 Å². The molecule has 1 heterocycles. The lowest BCUT2D eigenvalue weighted by Crippen LogP contribution is -2.08. The van der Waals surface area contributed by atoms with Gasteiger partial charge in [-0.2, -0.15) is 0 Å². The molecule has 0 spiro atoms. The third kappa shape index (κ3) is 4.37. The van der Waals surface area contributed by atoms with Gasteiger partial charge in [0.2, 0.25) is 0 Å². The smallest absolute Gasteiger partial charge is 0.133 e. The number of alkyl halides is 1. The second-order valence-electron chi connectivity index (χ2n) is 4.88. The van der Waals surface area contributed by atoms with Crippen LogP contribution in [0.4, 0.5) is 0 Å². The molecule has 1 aromatic carbocycles. The molecule has 2 rings (SSSR count). The summed E-state index contributed by atoms with van der Waals surface area (Å²) in [7, 11) is 0. The summed E-state index contributed by atoms with van der Waals surface area (Å²) in [6.07, 6.45) is 4.48. The van der Waals surface area contributed by atoms with Gasteiger partial charge in [-0.15, -0.1) is 11.6 Å². The average molecular weight is 348 g/mol. The first-order chi connectivity index (χ1) is 9.20. The normalized spacial score (nSPS) is 20.5. The van der Waals surface area contributed by atoms with Crippen LogP contribution in [0, 0.1) is 0 Å². The highest BCUT2D eigenvalue weighted by atomic mass is 79.9. The maximum Gasteiger partial charge on any atom is 0.133 e. The summed E-state index contributed by atoms with van der Waals surface area (Å²) in [4.78, 5) is 0. The van der Waals surface area contributed by atoms with Crippen molar-refractivity contribution in [2.45, 2.75) is 44.1 Å². The van der Waals surface area contributed by atoms with Crippen molar-refractivity contribution in [3.63, 3.8) is 0 Å². The van der Waals surface area contributed by atoms with Crippen LogP contribution in [0.25, 0.3) is 0 Å². The van der Waals surface area contributed by atoms with E-state index in [9.17, 15) is 0 Å². The van der Waals surface area contributed by atoms with Gasteiger partial charge in [0.05, 0.1) is 22.6 Å². The van der Waals surface area contributed by atoms with Crippen LogP contribution in [-0.4, -0.2) is 19.3 Å². The van der Waals surface area contributed by atoms with Crippen molar-refractivity contribution in [3.05, 3.63) is 28.2 Å². The van der Waals surface area contributed by atoms with E-state index in [0.717, 1.165) is 54.7 Å². The molecule has 1 aliphatic heterocycles. The summed E-state index contributed by atoms with van der Waals surface area (Å²) in [5.74, 6) is 0.881. The Morgan fingerprint density at radius 1 is 1.53 bits per heavy atom. The molecule has 0 radical (unpaired) electrons. The molecule has 19 heavy (non-hydrogen) atoms. The van der Waals surface area contributed by atoms with E-state index < -0.39 is 0 Å². The van der Waals surface area contributed by atoms with Gasteiger partial charge in [0.25, 0.3) is 0 Å². The van der Waals surface area contributed by atoms with Crippen LogP contribution in [-0.2, 0) is 4.74 Å². The van der Waals surface area contributed by atoms with E-state index in [1.165, 1.54) is 0 Å². The molecule has 2 nitrogen and oxygen atoms in total. The molecule has 0 saturated carbocycles. The summed E-state index contributed by atoms with van der Waals surface area (Å²) in [5.41, 5.74) is 1.12. The molecule has 1 saturated heterocycles. The molecule has 1 aromatic rings. The zero-order chi connectivity index (χ0) is 13.7. The highest BCUT2D eigenvalue weighted by Crippen LogP contribution is 2.34. The van der Waals surface area contributed by atoms with Crippen LogP contribution in [0.1, 0.15) is 43.5 Å². The van der Waals surface area contributed by atoms with Gasteiger partial charge in [-0.1, -0.05) is 13.0 Å². The average Bonchev–Trinajstić information content (AvgIpc) is 2.90. The summed E-state index contributed by atoms with van der Waals surface area (Å²) in [6.45, 7) is 3.71. The Labute approximate surface area is 128 Å². The van der Waals surface area contributed by atoms with Crippen molar-refractivity contribution < 1.29 is 9.47 Å². The van der Waals surface area contributed by atoms with Gasteiger partial charge in [0.1, 0.15) is 5.75 Å². The molecule has 0 aliphatic carbocycles. The predicted octanol–water partition coefficient (Wildman–Crippen LogP) is 5.09. The predicted molar refractivity (Wildman–Crippen MR) is 82.1 cm³/mol. The molecule has 1 aliphatic rings. The minimum Gasteiger partial charge on any atom is -0.492 e. The third-order valence-electron chi connectivity index (χ3n) is 3.27. The molecular formula is C15H20BrClO2. The molecule has 0 aromatic heterocycles. The largest absolute Gasteiger partial charge is 0.492 e. The Kier molecular flexibility index (Phi) is 5.99. The summed E-state index contributed by atoms with van der Waals surface area (Å²) in [6, 6.07) is 6.08. The number of benzene rings is 1. The van der Waals surface area contributed by atoms with Crippen molar-refractivity contribution in [2.24, 2.45) is 0 Å². The highest BCUT2D eigenvalue weighted by molar-refractivity contribution is 9.10. The molecule has 1 fully saturated rings. The van der Waals surface area contributed by atoms with Gasteiger partial charge in [0, 0.05) is 6.61 Å². The first kappa shape index (κ1) is 15.1.